The smallest absolute Gasteiger partial charge is 0.405 e. The second-order valence-electron chi connectivity index (χ2n) is 6.20. The Bertz CT molecular complexity index is 587. The third-order valence-corrected chi connectivity index (χ3v) is 4.24. The molecule has 1 amide bonds. The Hall–Kier alpha value is -1.87. The van der Waals surface area contributed by atoms with Crippen molar-refractivity contribution in [3.8, 4) is 5.75 Å². The van der Waals surface area contributed by atoms with Gasteiger partial charge in [0.2, 0.25) is 0 Å². The maximum atomic E-state index is 13.4. The van der Waals surface area contributed by atoms with Gasteiger partial charge in [0.25, 0.3) is 5.91 Å². The zero-order valence-corrected chi connectivity index (χ0v) is 14.0. The van der Waals surface area contributed by atoms with Gasteiger partial charge in [-0.05, 0) is 18.2 Å². The van der Waals surface area contributed by atoms with E-state index in [1.54, 1.807) is 6.07 Å². The lowest BCUT2D eigenvalue weighted by molar-refractivity contribution is -1.02. The van der Waals surface area contributed by atoms with Crippen LogP contribution in [0, 0.1) is 5.82 Å². The van der Waals surface area contributed by atoms with Gasteiger partial charge < -0.3 is 19.9 Å². The molecule has 140 valence electrons. The molecule has 0 radical (unpaired) electrons. The van der Waals surface area contributed by atoms with E-state index >= 15 is 0 Å². The summed E-state index contributed by atoms with van der Waals surface area (Å²) in [5.41, 5.74) is 0.781. The van der Waals surface area contributed by atoms with Gasteiger partial charge >= 0.3 is 6.18 Å². The van der Waals surface area contributed by atoms with Crippen LogP contribution in [0.25, 0.3) is 0 Å². The molecule has 0 saturated carbocycles. The Balaban J connectivity index is 1.78. The van der Waals surface area contributed by atoms with Gasteiger partial charge in [0.15, 0.2) is 6.54 Å². The van der Waals surface area contributed by atoms with Crippen molar-refractivity contribution < 1.29 is 36.9 Å². The van der Waals surface area contributed by atoms with Crippen molar-refractivity contribution >= 4 is 5.91 Å². The minimum atomic E-state index is -4.39. The Labute approximate surface area is 143 Å². The third-order valence-electron chi connectivity index (χ3n) is 4.24. The fraction of sp³-hybridized carbons (Fsp3) is 0.562. The van der Waals surface area contributed by atoms with Crippen LogP contribution < -0.4 is 19.9 Å². The van der Waals surface area contributed by atoms with Crippen molar-refractivity contribution in [3.05, 3.63) is 29.6 Å². The minimum Gasteiger partial charge on any atom is -0.496 e. The number of methoxy groups -OCH3 is 1. The van der Waals surface area contributed by atoms with Crippen LogP contribution in [0.15, 0.2) is 18.2 Å². The Morgan fingerprint density at radius 1 is 1.20 bits per heavy atom. The number of amides is 1. The maximum Gasteiger partial charge on any atom is 0.405 e. The molecule has 0 spiro atoms. The molecule has 1 aromatic rings. The molecule has 1 heterocycles. The van der Waals surface area contributed by atoms with Gasteiger partial charge in [0.05, 0.1) is 12.7 Å². The first-order valence-corrected chi connectivity index (χ1v) is 8.10. The van der Waals surface area contributed by atoms with Gasteiger partial charge in [-0.3, -0.25) is 4.79 Å². The number of carbonyl (C=O) groups is 1. The second-order valence-corrected chi connectivity index (χ2v) is 6.20. The van der Waals surface area contributed by atoms with E-state index in [0.29, 0.717) is 25.4 Å². The molecule has 1 aliphatic rings. The molecule has 3 N–H and O–H groups in total. The van der Waals surface area contributed by atoms with Gasteiger partial charge in [-0.15, -0.1) is 0 Å². The summed E-state index contributed by atoms with van der Waals surface area (Å²) in [7, 11) is 1.54. The van der Waals surface area contributed by atoms with E-state index in [9.17, 15) is 22.4 Å². The van der Waals surface area contributed by atoms with Crippen molar-refractivity contribution in [2.75, 3.05) is 46.4 Å². The highest BCUT2D eigenvalue weighted by Gasteiger charge is 2.30. The summed E-state index contributed by atoms with van der Waals surface area (Å²) >= 11 is 0. The summed E-state index contributed by atoms with van der Waals surface area (Å²) in [6, 6.07) is 4.39. The first-order valence-electron chi connectivity index (χ1n) is 8.10. The number of nitrogens with one attached hydrogen (secondary N) is 3. The van der Waals surface area contributed by atoms with Crippen LogP contribution in [0.4, 0.5) is 17.6 Å². The van der Waals surface area contributed by atoms with Crippen LogP contribution in [0.2, 0.25) is 0 Å². The highest BCUT2D eigenvalue weighted by Crippen LogP contribution is 2.18. The minimum absolute atomic E-state index is 0.0344. The van der Waals surface area contributed by atoms with E-state index < -0.39 is 18.6 Å². The summed E-state index contributed by atoms with van der Waals surface area (Å²) in [4.78, 5) is 13.7. The number of piperazine rings is 1. The SMILES string of the molecule is COc1ccc(F)cc1C[NH+]1CC[NH+](CC(=O)NCC(F)(F)F)CC1. The first-order chi connectivity index (χ1) is 11.8. The van der Waals surface area contributed by atoms with E-state index in [2.05, 4.69) is 0 Å². The summed E-state index contributed by atoms with van der Waals surface area (Å²) in [5.74, 6) is -0.279. The van der Waals surface area contributed by atoms with Crippen LogP contribution in [0.5, 0.6) is 5.75 Å². The largest absolute Gasteiger partial charge is 0.496 e. The molecule has 0 unspecified atom stereocenters. The van der Waals surface area contributed by atoms with E-state index in [1.165, 1.54) is 24.1 Å². The van der Waals surface area contributed by atoms with Crippen molar-refractivity contribution in [3.63, 3.8) is 0 Å². The summed E-state index contributed by atoms with van der Waals surface area (Å²) in [5, 5.41) is 1.89. The van der Waals surface area contributed by atoms with Crippen LogP contribution in [-0.4, -0.2) is 58.5 Å². The highest BCUT2D eigenvalue weighted by molar-refractivity contribution is 5.76. The van der Waals surface area contributed by atoms with Crippen LogP contribution in [0.1, 0.15) is 5.56 Å². The molecule has 1 fully saturated rings. The van der Waals surface area contributed by atoms with Crippen molar-refractivity contribution in [1.82, 2.24) is 5.32 Å². The number of alkyl halides is 3. The second kappa shape index (κ2) is 8.48. The van der Waals surface area contributed by atoms with Crippen LogP contribution >= 0.6 is 0 Å². The zero-order valence-electron chi connectivity index (χ0n) is 14.0. The molecule has 0 aliphatic carbocycles. The fourth-order valence-corrected chi connectivity index (χ4v) is 2.95. The predicted octanol–water partition coefficient (Wildman–Crippen LogP) is -1.20. The molecular weight excluding hydrogens is 342 g/mol. The average Bonchev–Trinajstić information content (AvgIpc) is 2.54. The molecule has 1 aliphatic heterocycles. The number of ether oxygens (including phenoxy) is 1. The number of hydrogen-bond acceptors (Lipinski definition) is 2. The monoisotopic (exact) mass is 365 g/mol. The molecule has 0 bridgehead atoms. The summed E-state index contributed by atoms with van der Waals surface area (Å²) in [6.45, 7) is 2.19. The average molecular weight is 365 g/mol. The first kappa shape index (κ1) is 19.5. The number of benzene rings is 1. The third kappa shape index (κ3) is 6.50. The standard InChI is InChI=1S/C16H21F4N3O2/c1-25-14-3-2-13(17)8-12(14)9-22-4-6-23(7-5-22)10-15(24)21-11-16(18,19)20/h2-3,8H,4-7,9-11H2,1H3,(H,21,24)/p+2. The summed E-state index contributed by atoms with van der Waals surface area (Å²) in [6.07, 6.45) is -4.39. The topological polar surface area (TPSA) is 47.2 Å². The van der Waals surface area contributed by atoms with Gasteiger partial charge in [-0.25, -0.2) is 4.39 Å². The lowest BCUT2D eigenvalue weighted by Gasteiger charge is -2.29. The molecule has 9 heteroatoms. The van der Waals surface area contributed by atoms with Crippen molar-refractivity contribution in [1.29, 1.82) is 0 Å². The predicted molar refractivity (Wildman–Crippen MR) is 82.0 cm³/mol. The molecule has 5 nitrogen and oxygen atoms in total. The Morgan fingerprint density at radius 3 is 2.44 bits per heavy atom. The number of quaternary nitrogens is 2. The molecule has 1 saturated heterocycles. The van der Waals surface area contributed by atoms with Gasteiger partial charge in [0, 0.05) is 0 Å². The maximum absolute atomic E-state index is 13.4. The van der Waals surface area contributed by atoms with Gasteiger partial charge in [0.1, 0.15) is 50.8 Å². The lowest BCUT2D eigenvalue weighted by Crippen LogP contribution is -3.28. The fourth-order valence-electron chi connectivity index (χ4n) is 2.95. The molecule has 0 aromatic heterocycles. The summed E-state index contributed by atoms with van der Waals surface area (Å²) < 4.78 is 54.9. The van der Waals surface area contributed by atoms with Crippen molar-refractivity contribution in [2.24, 2.45) is 0 Å². The molecule has 0 atom stereocenters. The van der Waals surface area contributed by atoms with Gasteiger partial charge in [-0.1, -0.05) is 0 Å². The Morgan fingerprint density at radius 2 is 1.84 bits per heavy atom. The van der Waals surface area contributed by atoms with E-state index in [0.717, 1.165) is 23.6 Å². The number of rotatable bonds is 6. The molecular formula is C16H23F4N3O2+2. The molecule has 1 aromatic carbocycles. The lowest BCUT2D eigenvalue weighted by atomic mass is 10.1. The highest BCUT2D eigenvalue weighted by atomic mass is 19.4. The number of hydrogen-bond donors (Lipinski definition) is 3. The van der Waals surface area contributed by atoms with Gasteiger partial charge in [-0.2, -0.15) is 13.2 Å². The Kier molecular flexibility index (Phi) is 6.60. The normalized spacial score (nSPS) is 21.0. The molecule has 25 heavy (non-hydrogen) atoms. The number of carbonyl (C=O) groups excluding carboxylic acids is 1. The molecule has 2 rings (SSSR count). The van der Waals surface area contributed by atoms with E-state index in [-0.39, 0.29) is 12.4 Å². The number of halogens is 4. The van der Waals surface area contributed by atoms with Crippen LogP contribution in [0.3, 0.4) is 0 Å². The van der Waals surface area contributed by atoms with E-state index in [1.807, 2.05) is 5.32 Å². The van der Waals surface area contributed by atoms with Crippen molar-refractivity contribution in [2.45, 2.75) is 12.7 Å². The quantitative estimate of drug-likeness (QED) is 0.555. The van der Waals surface area contributed by atoms with E-state index in [4.69, 9.17) is 4.74 Å². The van der Waals surface area contributed by atoms with Crippen LogP contribution in [-0.2, 0) is 11.3 Å². The zero-order chi connectivity index (χ0) is 18.4.